The Bertz CT molecular complexity index is 736. The normalized spacial score (nSPS) is 13.0. The second-order valence-corrected chi connectivity index (χ2v) is 6.33. The summed E-state index contributed by atoms with van der Waals surface area (Å²) in [5, 5.41) is 12.4. The van der Waals surface area contributed by atoms with Crippen LogP contribution in [0.2, 0.25) is 0 Å². The number of aromatic nitrogens is 2. The number of hydrogen-bond acceptors (Lipinski definition) is 5. The van der Waals surface area contributed by atoms with Crippen LogP contribution in [-0.4, -0.2) is 40.5 Å². The van der Waals surface area contributed by atoms with Crippen LogP contribution in [0.3, 0.4) is 0 Å². The van der Waals surface area contributed by atoms with Crippen LogP contribution in [0.15, 0.2) is 30.5 Å². The highest BCUT2D eigenvalue weighted by atomic mass is 19.4. The summed E-state index contributed by atoms with van der Waals surface area (Å²) in [5.41, 5.74) is 1.11. The van der Waals surface area contributed by atoms with Crippen LogP contribution in [0, 0.1) is 11.7 Å². The lowest BCUT2D eigenvalue weighted by Gasteiger charge is -2.20. The molecule has 0 aliphatic heterocycles. The van der Waals surface area contributed by atoms with E-state index >= 15 is 0 Å². The number of halogens is 4. The van der Waals surface area contributed by atoms with Gasteiger partial charge in [0.05, 0.1) is 18.0 Å². The van der Waals surface area contributed by atoms with Gasteiger partial charge in [-0.05, 0) is 24.1 Å². The zero-order valence-corrected chi connectivity index (χ0v) is 14.9. The van der Waals surface area contributed by atoms with Gasteiger partial charge in [-0.15, -0.1) is 0 Å². The van der Waals surface area contributed by atoms with Crippen LogP contribution in [-0.2, 0) is 6.54 Å². The molecule has 148 valence electrons. The third kappa shape index (κ3) is 6.44. The van der Waals surface area contributed by atoms with Crippen molar-refractivity contribution in [2.45, 2.75) is 32.6 Å². The Morgan fingerprint density at radius 1 is 1.19 bits per heavy atom. The van der Waals surface area contributed by atoms with E-state index in [0.29, 0.717) is 11.3 Å². The lowest BCUT2D eigenvalue weighted by atomic mass is 10.1. The molecule has 9 heteroatoms. The zero-order chi connectivity index (χ0) is 20.0. The highest BCUT2D eigenvalue weighted by Gasteiger charge is 2.28. The van der Waals surface area contributed by atoms with Gasteiger partial charge in [-0.25, -0.2) is 14.4 Å². The van der Waals surface area contributed by atoms with Crippen LogP contribution in [0.5, 0.6) is 5.88 Å². The highest BCUT2D eigenvalue weighted by molar-refractivity contribution is 5.58. The van der Waals surface area contributed by atoms with Gasteiger partial charge >= 0.3 is 6.18 Å². The molecule has 0 saturated carbocycles. The fraction of sp³-hybridized carbons (Fsp3) is 0.444. The molecule has 27 heavy (non-hydrogen) atoms. The van der Waals surface area contributed by atoms with E-state index in [1.807, 2.05) is 13.8 Å². The molecule has 0 saturated heterocycles. The number of nitrogens with zero attached hydrogens (tertiary/aromatic N) is 2. The summed E-state index contributed by atoms with van der Waals surface area (Å²) < 4.78 is 55.0. The predicted molar refractivity (Wildman–Crippen MR) is 91.5 cm³/mol. The molecule has 0 aromatic carbocycles. The molecular weight excluding hydrogens is 366 g/mol. The maximum Gasteiger partial charge on any atom is 0.422 e. The minimum atomic E-state index is -4.44. The van der Waals surface area contributed by atoms with Crippen LogP contribution in [0.4, 0.5) is 17.6 Å². The number of aliphatic hydroxyl groups excluding tert-OH is 1. The second-order valence-electron chi connectivity index (χ2n) is 6.33. The predicted octanol–water partition coefficient (Wildman–Crippen LogP) is 3.33. The molecule has 0 fully saturated rings. The lowest BCUT2D eigenvalue weighted by Crippen LogP contribution is -2.36. The maximum atomic E-state index is 14.0. The Morgan fingerprint density at radius 3 is 2.48 bits per heavy atom. The number of nitrogens with one attached hydrogen (secondary N) is 1. The quantitative estimate of drug-likeness (QED) is 0.680. The van der Waals surface area contributed by atoms with E-state index in [1.165, 1.54) is 30.5 Å². The number of rotatable bonds is 8. The molecule has 0 aliphatic rings. The largest absolute Gasteiger partial charge is 0.468 e. The summed E-state index contributed by atoms with van der Waals surface area (Å²) in [4.78, 5) is 8.06. The average Bonchev–Trinajstić information content (AvgIpc) is 2.61. The first-order valence-electron chi connectivity index (χ1n) is 8.35. The Hall–Kier alpha value is -2.26. The summed E-state index contributed by atoms with van der Waals surface area (Å²) in [6.07, 6.45) is -3.13. The molecule has 2 heterocycles. The molecule has 2 aromatic rings. The van der Waals surface area contributed by atoms with Gasteiger partial charge < -0.3 is 15.2 Å². The Balaban J connectivity index is 2.10. The van der Waals surface area contributed by atoms with Gasteiger partial charge in [0.2, 0.25) is 5.88 Å². The first kappa shape index (κ1) is 21.0. The smallest absolute Gasteiger partial charge is 0.422 e. The van der Waals surface area contributed by atoms with Crippen molar-refractivity contribution < 1.29 is 27.4 Å². The fourth-order valence-corrected chi connectivity index (χ4v) is 2.28. The molecule has 2 N–H and O–H groups in total. The summed E-state index contributed by atoms with van der Waals surface area (Å²) in [7, 11) is 0. The second kappa shape index (κ2) is 9.09. The third-order valence-electron chi connectivity index (χ3n) is 3.87. The molecule has 0 amide bonds. The van der Waals surface area contributed by atoms with Crippen LogP contribution >= 0.6 is 0 Å². The zero-order valence-electron chi connectivity index (χ0n) is 14.9. The Kier molecular flexibility index (Phi) is 7.09. The minimum absolute atomic E-state index is 0.0811. The lowest BCUT2D eigenvalue weighted by molar-refractivity contribution is -0.154. The molecule has 0 aliphatic carbocycles. The van der Waals surface area contributed by atoms with Gasteiger partial charge in [-0.1, -0.05) is 13.8 Å². The van der Waals surface area contributed by atoms with Gasteiger partial charge in [0, 0.05) is 30.4 Å². The number of alkyl halides is 3. The van der Waals surface area contributed by atoms with E-state index in [9.17, 15) is 22.7 Å². The average molecular weight is 387 g/mol. The van der Waals surface area contributed by atoms with Crippen molar-refractivity contribution >= 4 is 0 Å². The Morgan fingerprint density at radius 2 is 1.93 bits per heavy atom. The van der Waals surface area contributed by atoms with Crippen LogP contribution in [0.1, 0.15) is 19.5 Å². The van der Waals surface area contributed by atoms with Crippen molar-refractivity contribution in [3.8, 4) is 17.1 Å². The maximum absolute atomic E-state index is 14.0. The summed E-state index contributed by atoms with van der Waals surface area (Å²) in [6.45, 7) is 2.49. The van der Waals surface area contributed by atoms with Crippen molar-refractivity contribution in [2.75, 3.05) is 13.2 Å². The molecule has 2 aromatic heterocycles. The van der Waals surface area contributed by atoms with Crippen LogP contribution in [0.25, 0.3) is 11.3 Å². The van der Waals surface area contributed by atoms with Gasteiger partial charge in [0.15, 0.2) is 6.61 Å². The molecule has 0 spiro atoms. The van der Waals surface area contributed by atoms with Gasteiger partial charge in [-0.3, -0.25) is 0 Å². The number of hydrogen-bond donors (Lipinski definition) is 2. The molecule has 1 atom stereocenters. The van der Waals surface area contributed by atoms with Crippen molar-refractivity contribution in [2.24, 2.45) is 5.92 Å². The van der Waals surface area contributed by atoms with E-state index in [0.717, 1.165) is 0 Å². The van der Waals surface area contributed by atoms with E-state index in [-0.39, 0.29) is 36.7 Å². The number of ether oxygens (including phenoxy) is 1. The standard InChI is InChI=1S/C18H21F4N3O2/c1-11(2)16(9-26)23-8-15-13(19)4-5-14(25-15)12-3-6-17(24-7-12)27-10-18(20,21)22/h3-7,11,16,23,26H,8-10H2,1-2H3/t16-/m0/s1. The molecule has 0 radical (unpaired) electrons. The van der Waals surface area contributed by atoms with E-state index in [1.54, 1.807) is 0 Å². The van der Waals surface area contributed by atoms with Gasteiger partial charge in [0.25, 0.3) is 0 Å². The SMILES string of the molecule is CC(C)[C@H](CO)NCc1nc(-c2ccc(OCC(F)(F)F)nc2)ccc1F. The summed E-state index contributed by atoms with van der Waals surface area (Å²) in [5.74, 6) is -0.498. The van der Waals surface area contributed by atoms with E-state index in [2.05, 4.69) is 20.0 Å². The minimum Gasteiger partial charge on any atom is -0.468 e. The van der Waals surface area contributed by atoms with E-state index < -0.39 is 18.6 Å². The van der Waals surface area contributed by atoms with Gasteiger partial charge in [0.1, 0.15) is 5.82 Å². The highest BCUT2D eigenvalue weighted by Crippen LogP contribution is 2.22. The topological polar surface area (TPSA) is 67.3 Å². The Labute approximate surface area is 154 Å². The first-order chi connectivity index (χ1) is 12.7. The fourth-order valence-electron chi connectivity index (χ4n) is 2.28. The van der Waals surface area contributed by atoms with Crippen molar-refractivity contribution in [3.63, 3.8) is 0 Å². The van der Waals surface area contributed by atoms with Crippen LogP contribution < -0.4 is 10.1 Å². The van der Waals surface area contributed by atoms with Gasteiger partial charge in [-0.2, -0.15) is 13.2 Å². The summed E-state index contributed by atoms with van der Waals surface area (Å²) >= 11 is 0. The summed E-state index contributed by atoms with van der Waals surface area (Å²) in [6, 6.07) is 5.32. The molecule has 0 unspecified atom stereocenters. The van der Waals surface area contributed by atoms with E-state index in [4.69, 9.17) is 0 Å². The first-order valence-corrected chi connectivity index (χ1v) is 8.35. The molecule has 2 rings (SSSR count). The number of pyridine rings is 2. The molecular formula is C18H21F4N3O2. The van der Waals surface area contributed by atoms with Crippen molar-refractivity contribution in [1.29, 1.82) is 0 Å². The third-order valence-corrected chi connectivity index (χ3v) is 3.87. The van der Waals surface area contributed by atoms with Crippen molar-refractivity contribution in [1.82, 2.24) is 15.3 Å². The molecule has 0 bridgehead atoms. The monoisotopic (exact) mass is 387 g/mol. The van der Waals surface area contributed by atoms with Crippen molar-refractivity contribution in [3.05, 3.63) is 42.0 Å². The number of aliphatic hydroxyl groups is 1. The molecule has 5 nitrogen and oxygen atoms in total.